The van der Waals surface area contributed by atoms with Crippen LogP contribution in [0.5, 0.6) is 0 Å². The molecule has 0 radical (unpaired) electrons. The van der Waals surface area contributed by atoms with Gasteiger partial charge in [-0.1, -0.05) is 11.8 Å². The molecule has 1 heterocycles. The Labute approximate surface area is 119 Å². The zero-order chi connectivity index (χ0) is 14.4. The minimum Gasteiger partial charge on any atom is -0.384 e. The van der Waals surface area contributed by atoms with Crippen molar-refractivity contribution in [2.75, 3.05) is 19.8 Å². The van der Waals surface area contributed by atoms with Crippen molar-refractivity contribution in [3.05, 3.63) is 35.4 Å². The maximum Gasteiger partial charge on any atom is 0.251 e. The van der Waals surface area contributed by atoms with Gasteiger partial charge >= 0.3 is 0 Å². The summed E-state index contributed by atoms with van der Waals surface area (Å²) in [4.78, 5) is 12.0. The maximum atomic E-state index is 12.0. The molecule has 1 atom stereocenters. The van der Waals surface area contributed by atoms with Crippen molar-refractivity contribution in [2.24, 2.45) is 0 Å². The van der Waals surface area contributed by atoms with Gasteiger partial charge in [0.1, 0.15) is 6.61 Å². The smallest absolute Gasteiger partial charge is 0.251 e. The van der Waals surface area contributed by atoms with Crippen molar-refractivity contribution < 1.29 is 14.6 Å². The molecule has 1 aliphatic rings. The molecule has 20 heavy (non-hydrogen) atoms. The van der Waals surface area contributed by atoms with Crippen LogP contribution in [0.2, 0.25) is 0 Å². The molecule has 2 N–H and O–H groups in total. The van der Waals surface area contributed by atoms with E-state index in [9.17, 15) is 4.79 Å². The number of aliphatic hydroxyl groups excluding tert-OH is 1. The van der Waals surface area contributed by atoms with Crippen LogP contribution in [-0.4, -0.2) is 36.4 Å². The molecule has 0 aromatic heterocycles. The Morgan fingerprint density at radius 3 is 2.80 bits per heavy atom. The largest absolute Gasteiger partial charge is 0.384 e. The van der Waals surface area contributed by atoms with E-state index in [0.717, 1.165) is 25.0 Å². The van der Waals surface area contributed by atoms with Crippen LogP contribution < -0.4 is 5.32 Å². The number of carbonyl (C=O) groups is 1. The van der Waals surface area contributed by atoms with E-state index in [4.69, 9.17) is 9.84 Å². The lowest BCUT2D eigenvalue weighted by Crippen LogP contribution is -2.40. The summed E-state index contributed by atoms with van der Waals surface area (Å²) in [6.07, 6.45) is 2.02. The zero-order valence-electron chi connectivity index (χ0n) is 11.6. The van der Waals surface area contributed by atoms with Gasteiger partial charge in [-0.05, 0) is 44.0 Å². The first-order chi connectivity index (χ1) is 9.63. The highest BCUT2D eigenvalue weighted by atomic mass is 16.5. The summed E-state index contributed by atoms with van der Waals surface area (Å²) in [5, 5.41) is 11.5. The highest BCUT2D eigenvalue weighted by Gasteiger charge is 2.30. The lowest BCUT2D eigenvalue weighted by Gasteiger charge is -2.23. The summed E-state index contributed by atoms with van der Waals surface area (Å²) >= 11 is 0. The van der Waals surface area contributed by atoms with Crippen LogP contribution in [0, 0.1) is 11.8 Å². The van der Waals surface area contributed by atoms with Gasteiger partial charge in [0.2, 0.25) is 0 Å². The quantitative estimate of drug-likeness (QED) is 0.817. The highest BCUT2D eigenvalue weighted by molar-refractivity contribution is 5.94. The van der Waals surface area contributed by atoms with E-state index in [-0.39, 0.29) is 18.1 Å². The van der Waals surface area contributed by atoms with E-state index in [1.807, 2.05) is 6.92 Å². The summed E-state index contributed by atoms with van der Waals surface area (Å²) < 4.78 is 5.63. The SMILES string of the molecule is CC1(CNC(=O)c2ccc(C#CCO)cc2)CCCO1. The monoisotopic (exact) mass is 273 g/mol. The van der Waals surface area contributed by atoms with Gasteiger partial charge in [-0.2, -0.15) is 0 Å². The molecule has 0 bridgehead atoms. The molecule has 1 aromatic rings. The number of hydrogen-bond acceptors (Lipinski definition) is 3. The molecule has 4 nitrogen and oxygen atoms in total. The second-order valence-electron chi connectivity index (χ2n) is 5.12. The second kappa shape index (κ2) is 6.56. The lowest BCUT2D eigenvalue weighted by molar-refractivity contribution is 0.0206. The molecule has 1 unspecified atom stereocenters. The van der Waals surface area contributed by atoms with Crippen molar-refractivity contribution in [2.45, 2.75) is 25.4 Å². The van der Waals surface area contributed by atoms with Crippen molar-refractivity contribution >= 4 is 5.91 Å². The van der Waals surface area contributed by atoms with Crippen LogP contribution >= 0.6 is 0 Å². The van der Waals surface area contributed by atoms with Gasteiger partial charge in [-0.25, -0.2) is 0 Å². The summed E-state index contributed by atoms with van der Waals surface area (Å²) in [6, 6.07) is 7.00. The normalized spacial score (nSPS) is 21.1. The summed E-state index contributed by atoms with van der Waals surface area (Å²) in [6.45, 7) is 3.15. The van der Waals surface area contributed by atoms with Crippen LogP contribution in [0.25, 0.3) is 0 Å². The van der Waals surface area contributed by atoms with Crippen LogP contribution in [0.4, 0.5) is 0 Å². The van der Waals surface area contributed by atoms with E-state index < -0.39 is 0 Å². The van der Waals surface area contributed by atoms with Crippen LogP contribution in [0.15, 0.2) is 24.3 Å². The number of benzene rings is 1. The Bertz CT molecular complexity index is 519. The number of rotatable bonds is 3. The van der Waals surface area contributed by atoms with E-state index >= 15 is 0 Å². The second-order valence-corrected chi connectivity index (χ2v) is 5.12. The molecule has 1 aromatic carbocycles. The van der Waals surface area contributed by atoms with E-state index in [2.05, 4.69) is 17.2 Å². The Hall–Kier alpha value is -1.83. The third-order valence-electron chi connectivity index (χ3n) is 3.38. The summed E-state index contributed by atoms with van der Waals surface area (Å²) in [7, 11) is 0. The minimum atomic E-state index is -0.234. The minimum absolute atomic E-state index is 0.108. The predicted molar refractivity (Wildman–Crippen MR) is 76.3 cm³/mol. The molecular formula is C16H19NO3. The highest BCUT2D eigenvalue weighted by Crippen LogP contribution is 2.23. The van der Waals surface area contributed by atoms with Crippen LogP contribution in [-0.2, 0) is 4.74 Å². The van der Waals surface area contributed by atoms with Gasteiger partial charge in [0.05, 0.1) is 5.60 Å². The first-order valence-corrected chi connectivity index (χ1v) is 6.75. The average molecular weight is 273 g/mol. The predicted octanol–water partition coefficient (Wildman–Crippen LogP) is 1.33. The number of nitrogens with one attached hydrogen (secondary N) is 1. The third-order valence-corrected chi connectivity index (χ3v) is 3.38. The van der Waals surface area contributed by atoms with Crippen molar-refractivity contribution in [3.8, 4) is 11.8 Å². The fourth-order valence-corrected chi connectivity index (χ4v) is 2.19. The molecule has 1 amide bonds. The zero-order valence-corrected chi connectivity index (χ0v) is 11.6. The van der Waals surface area contributed by atoms with Gasteiger partial charge in [0, 0.05) is 24.3 Å². The van der Waals surface area contributed by atoms with Crippen molar-refractivity contribution in [1.29, 1.82) is 0 Å². The molecule has 1 fully saturated rings. The van der Waals surface area contributed by atoms with Crippen molar-refractivity contribution in [3.63, 3.8) is 0 Å². The first kappa shape index (κ1) is 14.6. The summed E-state index contributed by atoms with van der Waals surface area (Å²) in [5.41, 5.74) is 1.14. The van der Waals surface area contributed by atoms with Crippen LogP contribution in [0.3, 0.4) is 0 Å². The summed E-state index contributed by atoms with van der Waals surface area (Å²) in [5.74, 6) is 5.25. The number of ether oxygens (including phenoxy) is 1. The molecule has 0 aliphatic carbocycles. The standard InChI is InChI=1S/C16H19NO3/c1-16(9-3-11-20-16)12-17-15(19)14-7-5-13(6-8-14)4-2-10-18/h5-8,18H,3,9-12H2,1H3,(H,17,19). The Balaban J connectivity index is 1.92. The molecule has 2 rings (SSSR count). The molecule has 1 aliphatic heterocycles. The fraction of sp³-hybridized carbons (Fsp3) is 0.438. The average Bonchev–Trinajstić information content (AvgIpc) is 2.90. The van der Waals surface area contributed by atoms with Crippen molar-refractivity contribution in [1.82, 2.24) is 5.32 Å². The lowest BCUT2D eigenvalue weighted by atomic mass is 10.0. The Kier molecular flexibility index (Phi) is 4.78. The first-order valence-electron chi connectivity index (χ1n) is 6.75. The molecule has 106 valence electrons. The fourth-order valence-electron chi connectivity index (χ4n) is 2.19. The van der Waals surface area contributed by atoms with E-state index in [0.29, 0.717) is 12.1 Å². The van der Waals surface area contributed by atoms with E-state index in [1.54, 1.807) is 24.3 Å². The molecule has 0 saturated carbocycles. The van der Waals surface area contributed by atoms with Gasteiger partial charge in [0.15, 0.2) is 0 Å². The molecule has 1 saturated heterocycles. The topological polar surface area (TPSA) is 58.6 Å². The molecule has 0 spiro atoms. The Morgan fingerprint density at radius 2 is 2.20 bits per heavy atom. The van der Waals surface area contributed by atoms with E-state index in [1.165, 1.54) is 0 Å². The number of aliphatic hydroxyl groups is 1. The number of hydrogen-bond donors (Lipinski definition) is 2. The molecular weight excluding hydrogens is 254 g/mol. The maximum absolute atomic E-state index is 12.0. The number of carbonyl (C=O) groups excluding carboxylic acids is 1. The van der Waals surface area contributed by atoms with Gasteiger partial charge in [0.25, 0.3) is 5.91 Å². The molecule has 4 heteroatoms. The van der Waals surface area contributed by atoms with Gasteiger partial charge < -0.3 is 15.2 Å². The number of amides is 1. The van der Waals surface area contributed by atoms with Gasteiger partial charge in [-0.3, -0.25) is 4.79 Å². The Morgan fingerprint density at radius 1 is 1.45 bits per heavy atom. The third kappa shape index (κ3) is 3.83. The van der Waals surface area contributed by atoms with Gasteiger partial charge in [-0.15, -0.1) is 0 Å². The van der Waals surface area contributed by atoms with Crippen LogP contribution in [0.1, 0.15) is 35.7 Å².